The van der Waals surface area contributed by atoms with Gasteiger partial charge in [0.05, 0.1) is 0 Å². The molecule has 18 heavy (non-hydrogen) atoms. The second-order valence-corrected chi connectivity index (χ2v) is 6.87. The Morgan fingerprint density at radius 3 is 2.44 bits per heavy atom. The average molecular weight is 254 g/mol. The van der Waals surface area contributed by atoms with Gasteiger partial charge in [0.1, 0.15) is 0 Å². The van der Waals surface area contributed by atoms with E-state index < -0.39 is 0 Å². The zero-order valence-corrected chi connectivity index (χ0v) is 13.2. The molecule has 1 aliphatic rings. The highest BCUT2D eigenvalue weighted by molar-refractivity contribution is 4.95. The van der Waals surface area contributed by atoms with E-state index in [1.54, 1.807) is 0 Å². The predicted octanol–water partition coefficient (Wildman–Crippen LogP) is 3.65. The maximum Gasteiger partial charge on any atom is 0.0306 e. The molecule has 2 N–H and O–H groups in total. The molecule has 0 spiro atoms. The van der Waals surface area contributed by atoms with Gasteiger partial charge in [-0.1, -0.05) is 40.0 Å². The minimum absolute atomic E-state index is 0.206. The summed E-state index contributed by atoms with van der Waals surface area (Å²) in [6.45, 7) is 13.8. The van der Waals surface area contributed by atoms with Gasteiger partial charge in [-0.25, -0.2) is 0 Å². The fourth-order valence-corrected chi connectivity index (χ4v) is 3.55. The predicted molar refractivity (Wildman–Crippen MR) is 80.7 cm³/mol. The first-order valence-electron chi connectivity index (χ1n) is 7.91. The van der Waals surface area contributed by atoms with Crippen molar-refractivity contribution in [2.45, 2.75) is 78.3 Å². The van der Waals surface area contributed by atoms with Gasteiger partial charge in [0.25, 0.3) is 0 Å². The molecule has 108 valence electrons. The number of unbranched alkanes of at least 4 members (excludes halogenated alkanes) is 2. The zero-order valence-electron chi connectivity index (χ0n) is 13.2. The number of piperidine rings is 1. The Morgan fingerprint density at radius 2 is 1.89 bits per heavy atom. The molecule has 0 bridgehead atoms. The number of nitrogens with two attached hydrogens (primary N) is 1. The highest BCUT2D eigenvalue weighted by Crippen LogP contribution is 2.34. The third-order valence-corrected chi connectivity index (χ3v) is 5.05. The molecule has 2 nitrogen and oxygen atoms in total. The van der Waals surface area contributed by atoms with Crippen LogP contribution in [-0.2, 0) is 0 Å². The van der Waals surface area contributed by atoms with Crippen molar-refractivity contribution in [3.05, 3.63) is 0 Å². The van der Waals surface area contributed by atoms with Crippen molar-refractivity contribution in [1.29, 1.82) is 0 Å². The van der Waals surface area contributed by atoms with Crippen molar-refractivity contribution < 1.29 is 0 Å². The summed E-state index contributed by atoms with van der Waals surface area (Å²) in [6.07, 6.45) is 6.57. The van der Waals surface area contributed by atoms with Gasteiger partial charge in [0.15, 0.2) is 0 Å². The summed E-state index contributed by atoms with van der Waals surface area (Å²) in [7, 11) is 0. The zero-order chi connectivity index (χ0) is 13.8. The largest absolute Gasteiger partial charge is 0.329 e. The number of nitrogens with zero attached hydrogens (tertiary/aromatic N) is 1. The Bertz CT molecular complexity index is 241. The van der Waals surface area contributed by atoms with E-state index in [2.05, 4.69) is 39.5 Å². The van der Waals surface area contributed by atoms with E-state index in [1.165, 1.54) is 38.6 Å². The molecule has 1 heterocycles. The highest BCUT2D eigenvalue weighted by atomic mass is 15.2. The monoisotopic (exact) mass is 254 g/mol. The Hall–Kier alpha value is -0.0800. The third-order valence-electron chi connectivity index (χ3n) is 5.05. The summed E-state index contributed by atoms with van der Waals surface area (Å²) in [5.74, 6) is 1.61. The van der Waals surface area contributed by atoms with Crippen molar-refractivity contribution >= 4 is 0 Å². The molecule has 0 amide bonds. The maximum atomic E-state index is 6.13. The van der Waals surface area contributed by atoms with Crippen molar-refractivity contribution in [3.8, 4) is 0 Å². The Kier molecular flexibility index (Phi) is 6.13. The fourth-order valence-electron chi connectivity index (χ4n) is 3.55. The van der Waals surface area contributed by atoms with E-state index >= 15 is 0 Å². The van der Waals surface area contributed by atoms with E-state index in [9.17, 15) is 0 Å². The summed E-state index contributed by atoms with van der Waals surface area (Å²) in [4.78, 5) is 2.71. The van der Waals surface area contributed by atoms with Crippen molar-refractivity contribution in [2.24, 2.45) is 17.6 Å². The van der Waals surface area contributed by atoms with Gasteiger partial charge in [-0.15, -0.1) is 0 Å². The summed E-state index contributed by atoms with van der Waals surface area (Å²) >= 11 is 0. The topological polar surface area (TPSA) is 29.3 Å². The molecule has 1 fully saturated rings. The van der Waals surface area contributed by atoms with Gasteiger partial charge in [0.2, 0.25) is 0 Å². The average Bonchev–Trinajstić information content (AvgIpc) is 2.33. The normalized spacial score (nSPS) is 33.3. The van der Waals surface area contributed by atoms with Gasteiger partial charge in [0, 0.05) is 24.7 Å². The summed E-state index contributed by atoms with van der Waals surface area (Å²) in [5, 5.41) is 0. The number of hydrogen-bond acceptors (Lipinski definition) is 2. The Morgan fingerprint density at radius 1 is 1.22 bits per heavy atom. The molecular weight excluding hydrogens is 220 g/mol. The van der Waals surface area contributed by atoms with E-state index in [0.717, 1.165) is 18.4 Å². The Balaban J connectivity index is 2.71. The van der Waals surface area contributed by atoms with Crippen molar-refractivity contribution in [1.82, 2.24) is 4.90 Å². The smallest absolute Gasteiger partial charge is 0.0306 e. The molecule has 0 radical (unpaired) electrons. The fraction of sp³-hybridized carbons (Fsp3) is 1.00. The molecule has 4 atom stereocenters. The standard InChI is InChI=1S/C16H34N2/c1-6-7-8-9-16(5,12-17)18-11-13(2)10-14(3)15(18)4/h13-15H,6-12,17H2,1-5H3. The molecule has 0 aromatic carbocycles. The lowest BCUT2D eigenvalue weighted by Crippen LogP contribution is -2.60. The third kappa shape index (κ3) is 3.71. The minimum atomic E-state index is 0.206. The molecule has 0 aromatic heterocycles. The molecule has 4 unspecified atom stereocenters. The second-order valence-electron chi connectivity index (χ2n) is 6.87. The first-order chi connectivity index (χ1) is 8.44. The molecule has 0 saturated carbocycles. The summed E-state index contributed by atoms with van der Waals surface area (Å²) in [5.41, 5.74) is 6.34. The summed E-state index contributed by atoms with van der Waals surface area (Å²) in [6, 6.07) is 0.677. The number of hydrogen-bond donors (Lipinski definition) is 1. The molecule has 1 saturated heterocycles. The van der Waals surface area contributed by atoms with E-state index in [-0.39, 0.29) is 5.54 Å². The quantitative estimate of drug-likeness (QED) is 0.733. The first kappa shape index (κ1) is 16.0. The molecular formula is C16H34N2. The van der Waals surface area contributed by atoms with Crippen LogP contribution in [0, 0.1) is 11.8 Å². The lowest BCUT2D eigenvalue weighted by atomic mass is 9.80. The second kappa shape index (κ2) is 6.91. The molecule has 1 rings (SSSR count). The van der Waals surface area contributed by atoms with Crippen LogP contribution < -0.4 is 5.73 Å². The van der Waals surface area contributed by atoms with Crippen LogP contribution in [0.25, 0.3) is 0 Å². The van der Waals surface area contributed by atoms with Crippen LogP contribution in [0.5, 0.6) is 0 Å². The van der Waals surface area contributed by atoms with Gasteiger partial charge in [-0.3, -0.25) is 4.90 Å². The van der Waals surface area contributed by atoms with Gasteiger partial charge < -0.3 is 5.73 Å². The molecule has 1 aliphatic heterocycles. The highest BCUT2D eigenvalue weighted by Gasteiger charge is 2.39. The molecule has 0 aliphatic carbocycles. The van der Waals surface area contributed by atoms with Crippen LogP contribution >= 0.6 is 0 Å². The lowest BCUT2D eigenvalue weighted by Gasteiger charge is -2.51. The maximum absolute atomic E-state index is 6.13. The lowest BCUT2D eigenvalue weighted by molar-refractivity contribution is -0.0123. The van der Waals surface area contributed by atoms with Gasteiger partial charge >= 0.3 is 0 Å². The SMILES string of the molecule is CCCCCC(C)(CN)N1CC(C)CC(C)C1C. The van der Waals surface area contributed by atoms with Crippen LogP contribution in [0.3, 0.4) is 0 Å². The van der Waals surface area contributed by atoms with Crippen LogP contribution in [0.15, 0.2) is 0 Å². The van der Waals surface area contributed by atoms with Crippen molar-refractivity contribution in [3.63, 3.8) is 0 Å². The van der Waals surface area contributed by atoms with E-state index in [0.29, 0.717) is 6.04 Å². The minimum Gasteiger partial charge on any atom is -0.329 e. The van der Waals surface area contributed by atoms with Gasteiger partial charge in [-0.05, 0) is 38.5 Å². The number of rotatable bonds is 6. The Labute approximate surface area is 114 Å². The van der Waals surface area contributed by atoms with E-state index in [4.69, 9.17) is 5.73 Å². The van der Waals surface area contributed by atoms with Crippen LogP contribution in [0.1, 0.15) is 66.7 Å². The molecule has 0 aromatic rings. The van der Waals surface area contributed by atoms with Crippen LogP contribution in [-0.4, -0.2) is 29.6 Å². The van der Waals surface area contributed by atoms with Crippen molar-refractivity contribution in [2.75, 3.05) is 13.1 Å². The van der Waals surface area contributed by atoms with E-state index in [1.807, 2.05) is 0 Å². The van der Waals surface area contributed by atoms with Crippen LogP contribution in [0.2, 0.25) is 0 Å². The molecule has 2 heteroatoms. The first-order valence-corrected chi connectivity index (χ1v) is 7.91. The van der Waals surface area contributed by atoms with Crippen LogP contribution in [0.4, 0.5) is 0 Å². The van der Waals surface area contributed by atoms with Gasteiger partial charge in [-0.2, -0.15) is 0 Å². The number of likely N-dealkylation sites (tertiary alicyclic amines) is 1. The summed E-state index contributed by atoms with van der Waals surface area (Å²) < 4.78 is 0.